The third kappa shape index (κ3) is 15.6. The minimum atomic E-state index is -5.44. The molecule has 6 amide bonds. The predicted molar refractivity (Wildman–Crippen MR) is 252 cm³/mol. The Morgan fingerprint density at radius 2 is 1.26 bits per heavy atom. The van der Waals surface area contributed by atoms with Crippen molar-refractivity contribution in [2.75, 3.05) is 13.1 Å². The Labute approximate surface area is 429 Å². The summed E-state index contributed by atoms with van der Waals surface area (Å²) in [5, 5.41) is 29.1. The minimum absolute atomic E-state index is 0.0581. The van der Waals surface area contributed by atoms with Gasteiger partial charge in [-0.2, -0.15) is 36.9 Å². The van der Waals surface area contributed by atoms with Crippen molar-refractivity contribution in [1.29, 1.82) is 10.5 Å². The van der Waals surface area contributed by atoms with Crippen LogP contribution >= 0.6 is 23.2 Å². The van der Waals surface area contributed by atoms with Gasteiger partial charge in [0.1, 0.15) is 36.3 Å². The topological polar surface area (TPSA) is 240 Å². The van der Waals surface area contributed by atoms with Crippen LogP contribution in [0.15, 0.2) is 36.9 Å². The molecule has 0 radical (unpaired) electrons. The third-order valence-corrected chi connectivity index (χ3v) is 13.6. The van der Waals surface area contributed by atoms with E-state index in [0.717, 1.165) is 9.80 Å². The zero-order valence-corrected chi connectivity index (χ0v) is 43.1. The number of hydrogen-bond donors (Lipinski definition) is 4. The summed E-state index contributed by atoms with van der Waals surface area (Å²) in [6.07, 6.45) is -7.05. The second-order valence-electron chi connectivity index (χ2n) is 20.5. The van der Waals surface area contributed by atoms with E-state index in [4.69, 9.17) is 27.9 Å². The van der Waals surface area contributed by atoms with Gasteiger partial charge in [0.25, 0.3) is 0 Å². The van der Waals surface area contributed by atoms with Gasteiger partial charge in [-0.25, -0.2) is 0 Å². The molecule has 10 atom stereocenters. The number of nitriles is 2. The van der Waals surface area contributed by atoms with Gasteiger partial charge in [0.2, 0.25) is 23.6 Å². The molecule has 0 aliphatic carbocycles. The Hall–Kier alpha value is -5.78. The van der Waals surface area contributed by atoms with Crippen LogP contribution < -0.4 is 21.3 Å². The number of aromatic nitrogens is 2. The van der Waals surface area contributed by atoms with E-state index in [1.165, 1.54) is 57.7 Å². The Morgan fingerprint density at radius 1 is 0.753 bits per heavy atom. The molecule has 4 N–H and O–H groups in total. The number of rotatable bonds is 18. The summed E-state index contributed by atoms with van der Waals surface area (Å²) in [7, 11) is 0. The fourth-order valence-corrected chi connectivity index (χ4v) is 9.61. The average molecular weight is 1070 g/mol. The van der Waals surface area contributed by atoms with E-state index in [1.807, 2.05) is 17.5 Å². The van der Waals surface area contributed by atoms with Crippen molar-refractivity contribution < 1.29 is 59.8 Å². The molecule has 2 aromatic rings. The summed E-state index contributed by atoms with van der Waals surface area (Å²) in [6.45, 7) is 13.7. The smallest absolute Gasteiger partial charge is 0.370 e. The molecule has 4 unspecified atom stereocenters. The first kappa shape index (κ1) is 59.8. The largest absolute Gasteiger partial charge is 0.471 e. The molecule has 2 aromatic heterocycles. The molecule has 2 aliphatic rings. The van der Waals surface area contributed by atoms with Crippen LogP contribution in [-0.2, 0) is 33.5 Å². The number of halogens is 8. The Bertz CT molecular complexity index is 2440. The van der Waals surface area contributed by atoms with Crippen molar-refractivity contribution in [3.8, 4) is 12.1 Å². The first-order chi connectivity index (χ1) is 33.7. The van der Waals surface area contributed by atoms with E-state index in [2.05, 4.69) is 20.6 Å². The molecule has 4 rings (SSSR count). The number of amides is 6. The standard InChI is InChI=1S/C48H60Cl2F6N10O7/c1-24(2)32-11-13-65(37(32)40(68)62-34(18-58)28-15-31(50)22-60-20-28)42(70)38(64-44(72)48(54,55)56)46(8,9)12-10-25(3)29-16-35(39(67)61-33(17-57)27-14-30(49)21-59-19-27)66(23-29)41(69)36(26(4)73-45(5,6)7)63-43(71)47(51,52)53/h14-15,19-22,24-26,29,32-38H,10-13,16,23H2,1-9H3,(H,61,67)(H,62,68)(H,63,71)(H,64,72)/t25?,26-,29-,32?,33?,34?,35+,36+,37+,38-/m1/s1. The van der Waals surface area contributed by atoms with Gasteiger partial charge in [0, 0.05) is 49.0 Å². The van der Waals surface area contributed by atoms with Crippen molar-refractivity contribution in [1.82, 2.24) is 41.0 Å². The van der Waals surface area contributed by atoms with Gasteiger partial charge < -0.3 is 35.8 Å². The van der Waals surface area contributed by atoms with E-state index >= 15 is 0 Å². The molecule has 2 aliphatic heterocycles. The predicted octanol–water partition coefficient (Wildman–Crippen LogP) is 6.68. The summed E-state index contributed by atoms with van der Waals surface area (Å²) < 4.78 is 89.0. The van der Waals surface area contributed by atoms with E-state index in [1.54, 1.807) is 46.9 Å². The summed E-state index contributed by atoms with van der Waals surface area (Å²) in [5.41, 5.74) is -2.17. The highest BCUT2D eigenvalue weighted by Gasteiger charge is 2.52. The SMILES string of the molecule is CC(C)C1CCN(C(=O)[C@@H](NC(=O)C(F)(F)F)C(C)(C)CCC(C)[C@@H]2C[C@@H](C(=O)NC(C#N)c3cncc(Cl)c3)N(C(=O)[C@@H](NC(=O)C(F)(F)F)[C@@H](C)OC(C)(C)C)C2)[C@@H]1C(=O)NC(C#N)c1cncc(Cl)c1. The van der Waals surface area contributed by atoms with E-state index in [0.29, 0.717) is 0 Å². The van der Waals surface area contributed by atoms with Crippen molar-refractivity contribution in [2.45, 2.75) is 148 Å². The second-order valence-corrected chi connectivity index (χ2v) is 21.4. The highest BCUT2D eigenvalue weighted by Crippen LogP contribution is 2.40. The average Bonchev–Trinajstić information content (AvgIpc) is 3.95. The summed E-state index contributed by atoms with van der Waals surface area (Å²) in [4.78, 5) is 92.7. The highest BCUT2D eigenvalue weighted by atomic mass is 35.5. The zero-order valence-electron chi connectivity index (χ0n) is 41.6. The summed E-state index contributed by atoms with van der Waals surface area (Å²) >= 11 is 12.2. The lowest BCUT2D eigenvalue weighted by atomic mass is 9.75. The number of hydrogen-bond acceptors (Lipinski definition) is 11. The molecule has 0 aromatic carbocycles. The van der Waals surface area contributed by atoms with Crippen LogP contribution in [0.2, 0.25) is 10.0 Å². The van der Waals surface area contributed by atoms with E-state index in [-0.39, 0.29) is 65.9 Å². The Kier molecular flexibility index (Phi) is 19.7. The second kappa shape index (κ2) is 24.1. The molecule has 400 valence electrons. The molecule has 17 nitrogen and oxygen atoms in total. The minimum Gasteiger partial charge on any atom is -0.370 e. The normalized spacial score (nSPS) is 20.9. The fraction of sp³-hybridized carbons (Fsp3) is 0.625. The zero-order chi connectivity index (χ0) is 55.1. The molecule has 4 heterocycles. The monoisotopic (exact) mass is 1070 g/mol. The van der Waals surface area contributed by atoms with Crippen LogP contribution in [0.1, 0.15) is 111 Å². The first-order valence-corrected chi connectivity index (χ1v) is 24.1. The van der Waals surface area contributed by atoms with E-state index in [9.17, 15) is 65.6 Å². The lowest BCUT2D eigenvalue weighted by Crippen LogP contribution is -2.60. The van der Waals surface area contributed by atoms with Crippen LogP contribution in [0.4, 0.5) is 26.3 Å². The number of nitrogens with one attached hydrogen (secondary N) is 4. The number of alkyl halides is 6. The van der Waals surface area contributed by atoms with Gasteiger partial charge in [-0.3, -0.25) is 38.7 Å². The highest BCUT2D eigenvalue weighted by molar-refractivity contribution is 6.30. The maximum atomic E-state index is 14.8. The van der Waals surface area contributed by atoms with Gasteiger partial charge in [-0.15, -0.1) is 0 Å². The molecule has 0 spiro atoms. The Morgan fingerprint density at radius 3 is 1.73 bits per heavy atom. The molecule has 2 saturated heterocycles. The molecule has 0 bridgehead atoms. The van der Waals surface area contributed by atoms with Crippen molar-refractivity contribution in [2.24, 2.45) is 29.1 Å². The number of likely N-dealkylation sites (tertiary alicyclic amines) is 2. The molecular weight excluding hydrogens is 1010 g/mol. The summed E-state index contributed by atoms with van der Waals surface area (Å²) in [6, 6.07) is -2.67. The molecule has 25 heteroatoms. The maximum absolute atomic E-state index is 14.8. The van der Waals surface area contributed by atoms with Crippen LogP contribution in [-0.4, -0.2) is 117 Å². The number of ether oxygens (including phenoxy) is 1. The van der Waals surface area contributed by atoms with Crippen LogP contribution in [0.5, 0.6) is 0 Å². The van der Waals surface area contributed by atoms with Crippen LogP contribution in [0.25, 0.3) is 0 Å². The fourth-order valence-electron chi connectivity index (χ4n) is 9.25. The molecule has 73 heavy (non-hydrogen) atoms. The number of carbonyl (C=O) groups is 6. The van der Waals surface area contributed by atoms with Gasteiger partial charge >= 0.3 is 24.2 Å². The number of pyridine rings is 2. The van der Waals surface area contributed by atoms with Crippen molar-refractivity contribution >= 4 is 58.6 Å². The number of carbonyl (C=O) groups excluding carboxylic acids is 6. The van der Waals surface area contributed by atoms with Crippen LogP contribution in [0, 0.1) is 51.7 Å². The molecule has 0 saturated carbocycles. The lowest BCUT2D eigenvalue weighted by Gasteiger charge is -2.39. The third-order valence-electron chi connectivity index (χ3n) is 13.2. The van der Waals surface area contributed by atoms with E-state index < -0.39 is 119 Å². The molecular formula is C48H60Cl2F6N10O7. The van der Waals surface area contributed by atoms with Gasteiger partial charge in [0.05, 0.1) is 33.9 Å². The molecule has 2 fully saturated rings. The Balaban J connectivity index is 1.69. The maximum Gasteiger partial charge on any atom is 0.471 e. The summed E-state index contributed by atoms with van der Waals surface area (Å²) in [5.74, 6) is -10.7. The van der Waals surface area contributed by atoms with Gasteiger partial charge in [0.15, 0.2) is 0 Å². The number of nitrogens with zero attached hydrogens (tertiary/aromatic N) is 6. The first-order valence-electron chi connectivity index (χ1n) is 23.4. The van der Waals surface area contributed by atoms with Gasteiger partial charge in [-0.05, 0) is 94.6 Å². The van der Waals surface area contributed by atoms with Crippen LogP contribution in [0.3, 0.4) is 0 Å². The van der Waals surface area contributed by atoms with Gasteiger partial charge in [-0.1, -0.05) is 57.8 Å². The quantitative estimate of drug-likeness (QED) is 0.115. The van der Waals surface area contributed by atoms with Crippen molar-refractivity contribution in [3.63, 3.8) is 0 Å². The lowest BCUT2D eigenvalue weighted by molar-refractivity contribution is -0.177. The van der Waals surface area contributed by atoms with Crippen molar-refractivity contribution in [3.05, 3.63) is 58.1 Å².